The number of hydrogen-bond donors (Lipinski definition) is 0. The van der Waals surface area contributed by atoms with E-state index in [2.05, 4.69) is 34.7 Å². The van der Waals surface area contributed by atoms with Gasteiger partial charge in [-0.15, -0.1) is 10.2 Å². The summed E-state index contributed by atoms with van der Waals surface area (Å²) in [7, 11) is 0. The summed E-state index contributed by atoms with van der Waals surface area (Å²) in [5.41, 5.74) is 0. The van der Waals surface area contributed by atoms with Gasteiger partial charge in [-0.1, -0.05) is 13.8 Å². The van der Waals surface area contributed by atoms with Crippen molar-refractivity contribution in [3.63, 3.8) is 0 Å². The van der Waals surface area contributed by atoms with Crippen LogP contribution in [0.15, 0.2) is 16.5 Å². The maximum absolute atomic E-state index is 12.5. The van der Waals surface area contributed by atoms with Gasteiger partial charge < -0.3 is 13.9 Å². The maximum atomic E-state index is 12.5. The van der Waals surface area contributed by atoms with Gasteiger partial charge in [0, 0.05) is 38.3 Å². The van der Waals surface area contributed by atoms with Crippen LogP contribution in [0.4, 0.5) is 0 Å². The number of amides is 1. The van der Waals surface area contributed by atoms with Crippen LogP contribution in [-0.2, 0) is 30.7 Å². The third-order valence-electron chi connectivity index (χ3n) is 5.24. The third kappa shape index (κ3) is 2.85. The number of nitrogens with zero attached hydrogens (tertiary/aromatic N) is 4. The van der Waals surface area contributed by atoms with Gasteiger partial charge in [-0.25, -0.2) is 0 Å². The zero-order valence-electron chi connectivity index (χ0n) is 14.4. The molecule has 1 aliphatic heterocycles. The number of fused-ring (bicyclic) bond motifs is 1. The van der Waals surface area contributed by atoms with E-state index < -0.39 is 0 Å². The fraction of sp³-hybridized carbons (Fsp3) is 0.611. The lowest BCUT2D eigenvalue weighted by molar-refractivity contribution is -0.132. The first-order chi connectivity index (χ1) is 11.7. The Morgan fingerprint density at radius 2 is 2.17 bits per heavy atom. The fourth-order valence-corrected chi connectivity index (χ4v) is 3.53. The Bertz CT molecular complexity index is 748. The van der Waals surface area contributed by atoms with Gasteiger partial charge >= 0.3 is 0 Å². The van der Waals surface area contributed by atoms with E-state index in [-0.39, 0.29) is 5.91 Å². The molecular weight excluding hydrogens is 304 g/mol. The summed E-state index contributed by atoms with van der Waals surface area (Å²) in [5, 5.41) is 8.41. The maximum Gasteiger partial charge on any atom is 0.223 e. The van der Waals surface area contributed by atoms with Crippen LogP contribution in [0.25, 0.3) is 0 Å². The van der Waals surface area contributed by atoms with Crippen LogP contribution in [0.1, 0.15) is 55.8 Å². The molecule has 2 aromatic rings. The number of rotatable bonds is 5. The molecule has 1 amide bonds. The summed E-state index contributed by atoms with van der Waals surface area (Å²) in [4.78, 5) is 14.4. The van der Waals surface area contributed by atoms with Crippen LogP contribution in [-0.4, -0.2) is 32.1 Å². The summed E-state index contributed by atoms with van der Waals surface area (Å²) in [6.07, 6.45) is 3.26. The van der Waals surface area contributed by atoms with E-state index in [4.69, 9.17) is 4.42 Å². The molecule has 24 heavy (non-hydrogen) atoms. The zero-order valence-corrected chi connectivity index (χ0v) is 14.4. The number of carbonyl (C=O) groups is 1. The summed E-state index contributed by atoms with van der Waals surface area (Å²) >= 11 is 0. The standard InChI is InChI=1S/C18H24N4O2/c1-3-16-19-20-17-11-21(8-9-22(16)17)18(23)7-5-13-4-6-15(24-13)14-10-12(14)2/h4,6,12,14H,3,5,7-11H2,1-2H3/t12-,14-/m0/s1. The number of hydrogen-bond acceptors (Lipinski definition) is 4. The molecular formula is C18H24N4O2. The van der Waals surface area contributed by atoms with Gasteiger partial charge in [-0.3, -0.25) is 4.79 Å². The van der Waals surface area contributed by atoms with Gasteiger partial charge in [0.1, 0.15) is 17.3 Å². The summed E-state index contributed by atoms with van der Waals surface area (Å²) in [5.74, 6) is 5.41. The minimum Gasteiger partial charge on any atom is -0.466 e. The number of furan rings is 1. The van der Waals surface area contributed by atoms with Gasteiger partial charge in [0.25, 0.3) is 0 Å². The van der Waals surface area contributed by atoms with Crippen LogP contribution >= 0.6 is 0 Å². The molecule has 1 aliphatic carbocycles. The molecule has 6 nitrogen and oxygen atoms in total. The molecule has 0 spiro atoms. The van der Waals surface area contributed by atoms with Crippen molar-refractivity contribution >= 4 is 5.91 Å². The Kier molecular flexibility index (Phi) is 3.90. The topological polar surface area (TPSA) is 64.2 Å². The summed E-state index contributed by atoms with van der Waals surface area (Å²) < 4.78 is 8.03. The molecule has 0 bridgehead atoms. The lowest BCUT2D eigenvalue weighted by Gasteiger charge is -2.27. The molecule has 0 unspecified atom stereocenters. The van der Waals surface area contributed by atoms with Crippen molar-refractivity contribution in [2.45, 2.75) is 58.5 Å². The Labute approximate surface area is 141 Å². The fourth-order valence-electron chi connectivity index (χ4n) is 3.53. The molecule has 0 aromatic carbocycles. The molecule has 3 heterocycles. The van der Waals surface area contributed by atoms with Crippen molar-refractivity contribution in [1.29, 1.82) is 0 Å². The first kappa shape index (κ1) is 15.4. The Morgan fingerprint density at radius 3 is 2.92 bits per heavy atom. The van der Waals surface area contributed by atoms with Gasteiger partial charge in [0.15, 0.2) is 5.82 Å². The summed E-state index contributed by atoms with van der Waals surface area (Å²) in [6.45, 7) is 6.42. The summed E-state index contributed by atoms with van der Waals surface area (Å²) in [6, 6.07) is 4.09. The van der Waals surface area contributed by atoms with Gasteiger partial charge in [0.05, 0.1) is 6.54 Å². The molecule has 1 fully saturated rings. The highest BCUT2D eigenvalue weighted by Crippen LogP contribution is 2.47. The average Bonchev–Trinajstić information content (AvgIpc) is 3.03. The van der Waals surface area contributed by atoms with Crippen molar-refractivity contribution in [3.05, 3.63) is 35.3 Å². The Hall–Kier alpha value is -2.11. The molecule has 2 atom stereocenters. The second kappa shape index (κ2) is 6.07. The first-order valence-corrected chi connectivity index (χ1v) is 8.93. The highest BCUT2D eigenvalue weighted by molar-refractivity contribution is 5.76. The molecule has 1 saturated carbocycles. The Balaban J connectivity index is 1.32. The highest BCUT2D eigenvalue weighted by Gasteiger charge is 2.36. The van der Waals surface area contributed by atoms with Crippen LogP contribution in [0, 0.1) is 5.92 Å². The molecule has 6 heteroatoms. The van der Waals surface area contributed by atoms with Crippen molar-refractivity contribution in [2.75, 3.05) is 6.54 Å². The quantitative estimate of drug-likeness (QED) is 0.846. The van der Waals surface area contributed by atoms with E-state index in [1.165, 1.54) is 6.42 Å². The van der Waals surface area contributed by atoms with Crippen molar-refractivity contribution in [2.24, 2.45) is 5.92 Å². The molecule has 2 aromatic heterocycles. The number of carbonyl (C=O) groups excluding carboxylic acids is 1. The van der Waals surface area contributed by atoms with E-state index in [1.54, 1.807) is 0 Å². The first-order valence-electron chi connectivity index (χ1n) is 8.93. The van der Waals surface area contributed by atoms with Gasteiger partial charge in [0.2, 0.25) is 5.91 Å². The molecule has 0 radical (unpaired) electrons. The van der Waals surface area contributed by atoms with Gasteiger partial charge in [-0.05, 0) is 24.5 Å². The van der Waals surface area contributed by atoms with Gasteiger partial charge in [-0.2, -0.15) is 0 Å². The van der Waals surface area contributed by atoms with Crippen LogP contribution in [0.3, 0.4) is 0 Å². The number of aryl methyl sites for hydroxylation is 2. The molecule has 0 saturated heterocycles. The van der Waals surface area contributed by atoms with Crippen molar-refractivity contribution in [3.8, 4) is 0 Å². The van der Waals surface area contributed by atoms with E-state index in [9.17, 15) is 4.79 Å². The van der Waals surface area contributed by atoms with Crippen LogP contribution in [0.2, 0.25) is 0 Å². The van der Waals surface area contributed by atoms with Crippen LogP contribution < -0.4 is 0 Å². The van der Waals surface area contributed by atoms with Crippen molar-refractivity contribution in [1.82, 2.24) is 19.7 Å². The van der Waals surface area contributed by atoms with Crippen molar-refractivity contribution < 1.29 is 9.21 Å². The largest absolute Gasteiger partial charge is 0.466 e. The predicted octanol–water partition coefficient (Wildman–Crippen LogP) is 2.53. The second-order valence-electron chi connectivity index (χ2n) is 6.98. The smallest absolute Gasteiger partial charge is 0.223 e. The van der Waals surface area contributed by atoms with Crippen LogP contribution in [0.5, 0.6) is 0 Å². The lowest BCUT2D eigenvalue weighted by Crippen LogP contribution is -2.38. The minimum absolute atomic E-state index is 0.167. The SMILES string of the molecule is CCc1nnc2n1CCN(C(=O)CCc1ccc([C@H]3C[C@@H]3C)o1)C2. The Morgan fingerprint density at radius 1 is 1.33 bits per heavy atom. The van der Waals surface area contributed by atoms with E-state index in [1.807, 2.05) is 11.0 Å². The third-order valence-corrected chi connectivity index (χ3v) is 5.24. The zero-order chi connectivity index (χ0) is 16.7. The van der Waals surface area contributed by atoms with E-state index in [0.717, 1.165) is 48.6 Å². The monoisotopic (exact) mass is 328 g/mol. The lowest BCUT2D eigenvalue weighted by atomic mass is 10.2. The highest BCUT2D eigenvalue weighted by atomic mass is 16.3. The second-order valence-corrected chi connectivity index (χ2v) is 6.98. The molecule has 128 valence electrons. The minimum atomic E-state index is 0.167. The molecule has 4 rings (SSSR count). The molecule has 0 N–H and O–H groups in total. The normalized spacial score (nSPS) is 22.5. The number of aromatic nitrogens is 3. The molecule has 2 aliphatic rings. The van der Waals surface area contributed by atoms with E-state index in [0.29, 0.717) is 25.3 Å². The average molecular weight is 328 g/mol. The predicted molar refractivity (Wildman–Crippen MR) is 88.4 cm³/mol. The van der Waals surface area contributed by atoms with E-state index >= 15 is 0 Å².